The zero-order chi connectivity index (χ0) is 29.8. The van der Waals surface area contributed by atoms with Crippen LogP contribution in [0.4, 0.5) is 9.18 Å². The number of carboxylic acid groups (broad SMARTS) is 1. The Hall–Kier alpha value is -4.32. The maximum absolute atomic E-state index is 16.2. The van der Waals surface area contributed by atoms with Crippen LogP contribution in [0, 0.1) is 5.82 Å². The SMILES string of the molecule is CO[C@]1(c2ccc(Cl)cc2)c2c(F)cc(C(=O)c3cnn(C4CN(C(=O)O)C4)c3)cc2C(=O)N1Cc1ccc(Cl)cn1. The normalized spacial score (nSPS) is 18.2. The van der Waals surface area contributed by atoms with E-state index in [1.54, 1.807) is 36.4 Å². The third-order valence-corrected chi connectivity index (χ3v) is 8.03. The van der Waals surface area contributed by atoms with Gasteiger partial charge in [0, 0.05) is 48.7 Å². The van der Waals surface area contributed by atoms with Crippen LogP contribution < -0.4 is 0 Å². The summed E-state index contributed by atoms with van der Waals surface area (Å²) in [6.45, 7) is 0.439. The molecule has 42 heavy (non-hydrogen) atoms. The molecule has 2 aromatic carbocycles. The summed E-state index contributed by atoms with van der Waals surface area (Å²) in [7, 11) is 1.37. The molecule has 0 aliphatic carbocycles. The van der Waals surface area contributed by atoms with E-state index in [4.69, 9.17) is 33.0 Å². The molecule has 2 aromatic heterocycles. The van der Waals surface area contributed by atoms with Crippen LogP contribution in [0.15, 0.2) is 67.1 Å². The first-order valence-corrected chi connectivity index (χ1v) is 13.5. The second-order valence-corrected chi connectivity index (χ2v) is 10.8. The second-order valence-electron chi connectivity index (χ2n) is 9.97. The van der Waals surface area contributed by atoms with Gasteiger partial charge in [-0.1, -0.05) is 35.3 Å². The maximum atomic E-state index is 16.2. The second kappa shape index (κ2) is 10.5. The van der Waals surface area contributed by atoms with Crippen molar-refractivity contribution in [3.8, 4) is 0 Å². The molecule has 214 valence electrons. The van der Waals surface area contributed by atoms with Gasteiger partial charge in [-0.2, -0.15) is 5.10 Å². The van der Waals surface area contributed by atoms with Crippen molar-refractivity contribution in [2.75, 3.05) is 20.2 Å². The summed E-state index contributed by atoms with van der Waals surface area (Å²) in [5.41, 5.74) is -0.703. The van der Waals surface area contributed by atoms with Gasteiger partial charge in [-0.25, -0.2) is 9.18 Å². The summed E-state index contributed by atoms with van der Waals surface area (Å²) in [6.07, 6.45) is 3.25. The number of methoxy groups -OCH3 is 1. The summed E-state index contributed by atoms with van der Waals surface area (Å²) in [4.78, 5) is 45.4. The number of fused-ring (bicyclic) bond motifs is 1. The number of hydrogen-bond acceptors (Lipinski definition) is 6. The average molecular weight is 610 g/mol. The summed E-state index contributed by atoms with van der Waals surface area (Å²) >= 11 is 12.1. The number of benzene rings is 2. The van der Waals surface area contributed by atoms with Crippen LogP contribution in [0.25, 0.3) is 0 Å². The monoisotopic (exact) mass is 609 g/mol. The van der Waals surface area contributed by atoms with Gasteiger partial charge in [-0.05, 0) is 36.4 Å². The van der Waals surface area contributed by atoms with E-state index in [1.807, 2.05) is 0 Å². The summed E-state index contributed by atoms with van der Waals surface area (Å²) < 4.78 is 23.7. The van der Waals surface area contributed by atoms with E-state index in [9.17, 15) is 14.4 Å². The van der Waals surface area contributed by atoms with Crippen molar-refractivity contribution < 1.29 is 28.6 Å². The number of carbonyl (C=O) groups excluding carboxylic acids is 2. The Morgan fingerprint density at radius 1 is 1.07 bits per heavy atom. The number of likely N-dealkylation sites (tertiary alicyclic amines) is 1. The van der Waals surface area contributed by atoms with Crippen molar-refractivity contribution in [2.45, 2.75) is 18.3 Å². The van der Waals surface area contributed by atoms with E-state index >= 15 is 4.39 Å². The van der Waals surface area contributed by atoms with E-state index in [0.29, 0.717) is 21.3 Å². The van der Waals surface area contributed by atoms with Gasteiger partial charge in [0.1, 0.15) is 5.82 Å². The summed E-state index contributed by atoms with van der Waals surface area (Å²) in [5.74, 6) is -1.92. The molecule has 13 heteroatoms. The number of ether oxygens (including phenoxy) is 1. The molecule has 2 aliphatic heterocycles. The van der Waals surface area contributed by atoms with E-state index in [-0.39, 0.29) is 47.9 Å². The third-order valence-electron chi connectivity index (χ3n) is 7.56. The van der Waals surface area contributed by atoms with E-state index in [0.717, 1.165) is 6.07 Å². The van der Waals surface area contributed by atoms with E-state index in [1.165, 1.54) is 46.2 Å². The molecule has 2 amide bonds. The molecule has 1 N–H and O–H groups in total. The third kappa shape index (κ3) is 4.50. The minimum atomic E-state index is -1.69. The lowest BCUT2D eigenvalue weighted by atomic mass is 9.90. The Morgan fingerprint density at radius 2 is 1.79 bits per heavy atom. The average Bonchev–Trinajstić information content (AvgIpc) is 3.51. The molecular formula is C29H22Cl2FN5O5. The minimum absolute atomic E-state index is 0.0346. The zero-order valence-electron chi connectivity index (χ0n) is 22.0. The van der Waals surface area contributed by atoms with Crippen LogP contribution in [-0.2, 0) is 17.0 Å². The Bertz CT molecular complexity index is 1720. The lowest BCUT2D eigenvalue weighted by Crippen LogP contribution is -2.50. The van der Waals surface area contributed by atoms with Crippen molar-refractivity contribution in [2.24, 2.45) is 0 Å². The number of hydrogen-bond donors (Lipinski definition) is 1. The molecule has 10 nitrogen and oxygen atoms in total. The Labute approximate surface area is 248 Å². The fourth-order valence-electron chi connectivity index (χ4n) is 5.43. The zero-order valence-corrected chi connectivity index (χ0v) is 23.5. The quantitative estimate of drug-likeness (QED) is 0.293. The highest BCUT2D eigenvalue weighted by molar-refractivity contribution is 6.30. The number of nitrogens with zero attached hydrogens (tertiary/aromatic N) is 5. The molecular weight excluding hydrogens is 588 g/mol. The van der Waals surface area contributed by atoms with Crippen LogP contribution >= 0.6 is 23.2 Å². The Kier molecular flexibility index (Phi) is 6.96. The van der Waals surface area contributed by atoms with Crippen LogP contribution in [0.2, 0.25) is 10.0 Å². The largest absolute Gasteiger partial charge is 0.465 e. The van der Waals surface area contributed by atoms with E-state index < -0.39 is 29.3 Å². The van der Waals surface area contributed by atoms with Crippen molar-refractivity contribution >= 4 is 41.0 Å². The maximum Gasteiger partial charge on any atom is 0.407 e. The highest BCUT2D eigenvalue weighted by Gasteiger charge is 2.54. The molecule has 0 saturated carbocycles. The number of aromatic nitrogens is 3. The van der Waals surface area contributed by atoms with Crippen molar-refractivity contribution in [1.29, 1.82) is 0 Å². The number of amides is 2. The molecule has 0 bridgehead atoms. The lowest BCUT2D eigenvalue weighted by Gasteiger charge is -2.38. The molecule has 4 heterocycles. The molecule has 1 saturated heterocycles. The first-order chi connectivity index (χ1) is 20.1. The highest BCUT2D eigenvalue weighted by atomic mass is 35.5. The predicted molar refractivity (Wildman–Crippen MR) is 149 cm³/mol. The van der Waals surface area contributed by atoms with Gasteiger partial charge in [-0.3, -0.25) is 24.2 Å². The summed E-state index contributed by atoms with van der Waals surface area (Å²) in [5, 5.41) is 14.1. The van der Waals surface area contributed by atoms with Crippen LogP contribution in [-0.4, -0.2) is 67.7 Å². The Balaban J connectivity index is 1.40. The molecule has 4 aromatic rings. The number of rotatable bonds is 7. The number of carbonyl (C=O) groups is 3. The first kappa shape index (κ1) is 27.8. The van der Waals surface area contributed by atoms with Crippen LogP contribution in [0.5, 0.6) is 0 Å². The van der Waals surface area contributed by atoms with Gasteiger partial charge in [0.05, 0.1) is 46.2 Å². The first-order valence-electron chi connectivity index (χ1n) is 12.8. The Morgan fingerprint density at radius 3 is 2.43 bits per heavy atom. The van der Waals surface area contributed by atoms with Crippen molar-refractivity contribution in [3.05, 3.63) is 116 Å². The molecule has 6 rings (SSSR count). The number of halogens is 3. The van der Waals surface area contributed by atoms with Crippen LogP contribution in [0.3, 0.4) is 0 Å². The molecule has 1 fully saturated rings. The lowest BCUT2D eigenvalue weighted by molar-refractivity contribution is -0.0885. The topological polar surface area (TPSA) is 118 Å². The van der Waals surface area contributed by atoms with Crippen molar-refractivity contribution in [1.82, 2.24) is 24.6 Å². The van der Waals surface area contributed by atoms with Crippen molar-refractivity contribution in [3.63, 3.8) is 0 Å². The van der Waals surface area contributed by atoms with Crippen LogP contribution in [0.1, 0.15) is 49.1 Å². The number of ketones is 1. The van der Waals surface area contributed by atoms with Gasteiger partial charge < -0.3 is 14.7 Å². The minimum Gasteiger partial charge on any atom is -0.465 e. The van der Waals surface area contributed by atoms with E-state index in [2.05, 4.69) is 10.1 Å². The van der Waals surface area contributed by atoms with Gasteiger partial charge >= 0.3 is 6.09 Å². The fraction of sp³-hybridized carbons (Fsp3) is 0.207. The molecule has 0 radical (unpaired) electrons. The molecule has 0 unspecified atom stereocenters. The summed E-state index contributed by atoms with van der Waals surface area (Å²) in [6, 6.07) is 12.0. The molecule has 0 spiro atoms. The molecule has 2 aliphatic rings. The number of pyridine rings is 1. The highest BCUT2D eigenvalue weighted by Crippen LogP contribution is 2.47. The molecule has 1 atom stereocenters. The van der Waals surface area contributed by atoms with Gasteiger partial charge in [0.15, 0.2) is 11.5 Å². The predicted octanol–water partition coefficient (Wildman–Crippen LogP) is 4.99. The smallest absolute Gasteiger partial charge is 0.407 e. The fourth-order valence-corrected chi connectivity index (χ4v) is 5.66. The van der Waals surface area contributed by atoms with Gasteiger partial charge in [0.25, 0.3) is 5.91 Å². The van der Waals surface area contributed by atoms with Gasteiger partial charge in [-0.15, -0.1) is 0 Å². The standard InChI is InChI=1S/C29H22Cl2FN5O5/c1-42-29(18-2-4-19(30)5-3-18)25-23(27(39)36(29)13-21-7-6-20(31)11-33-21)8-16(9-24(25)32)26(38)17-10-34-37(12-17)22-14-35(15-22)28(40)41/h2-12,22H,13-15H2,1H3,(H,40,41)/t29-/m1/s1. The van der Waals surface area contributed by atoms with Gasteiger partial charge in [0.2, 0.25) is 0 Å².